The number of halogens is 2. The van der Waals surface area contributed by atoms with Crippen LogP contribution in [0.3, 0.4) is 0 Å². The second-order valence-corrected chi connectivity index (χ2v) is 2.37. The van der Waals surface area contributed by atoms with Gasteiger partial charge < -0.3 is 10.8 Å². The molecular weight excluding hydrogens is 166 g/mol. The molecule has 0 saturated carbocycles. The summed E-state index contributed by atoms with van der Waals surface area (Å²) in [6.07, 6.45) is -1.74. The van der Waals surface area contributed by atoms with E-state index in [4.69, 9.17) is 10.8 Å². The summed E-state index contributed by atoms with van der Waals surface area (Å²) in [6.45, 7) is 1.46. The molecule has 0 atom stereocenters. The number of anilines is 1. The zero-order chi connectivity index (χ0) is 9.30. The van der Waals surface area contributed by atoms with Crippen LogP contribution >= 0.6 is 0 Å². The van der Waals surface area contributed by atoms with Crippen molar-refractivity contribution in [1.82, 2.24) is 4.98 Å². The molecule has 1 aromatic heterocycles. The Hall–Kier alpha value is -1.39. The summed E-state index contributed by atoms with van der Waals surface area (Å²) < 4.78 is 24.2. The van der Waals surface area contributed by atoms with Crippen molar-refractivity contribution < 1.29 is 13.9 Å². The van der Waals surface area contributed by atoms with Gasteiger partial charge in [0.1, 0.15) is 11.4 Å². The summed E-state index contributed by atoms with van der Waals surface area (Å²) in [4.78, 5) is 3.31. The van der Waals surface area contributed by atoms with Crippen molar-refractivity contribution in [3.8, 4) is 5.75 Å². The van der Waals surface area contributed by atoms with Gasteiger partial charge in [0.15, 0.2) is 0 Å². The van der Waals surface area contributed by atoms with Crippen LogP contribution in [0.4, 0.5) is 14.5 Å². The molecule has 0 radical (unpaired) electrons. The van der Waals surface area contributed by atoms with Crippen molar-refractivity contribution in [3.05, 3.63) is 17.5 Å². The third-order valence-electron chi connectivity index (χ3n) is 1.60. The van der Waals surface area contributed by atoms with Crippen LogP contribution in [0.5, 0.6) is 5.75 Å². The molecule has 5 heteroatoms. The van der Waals surface area contributed by atoms with Gasteiger partial charge in [0.25, 0.3) is 6.43 Å². The Morgan fingerprint density at radius 1 is 1.58 bits per heavy atom. The maximum Gasteiger partial charge on any atom is 0.282 e. The molecule has 1 rings (SSSR count). The van der Waals surface area contributed by atoms with Gasteiger partial charge in [0.2, 0.25) is 0 Å². The van der Waals surface area contributed by atoms with E-state index >= 15 is 0 Å². The predicted octanol–water partition coefficient (Wildman–Crippen LogP) is 1.62. The summed E-state index contributed by atoms with van der Waals surface area (Å²) in [5.74, 6) is -0.170. The molecule has 1 heterocycles. The first kappa shape index (κ1) is 8.70. The SMILES string of the molecule is Cc1c(O)cnc(C(F)F)c1N. The Kier molecular flexibility index (Phi) is 2.12. The first-order valence-electron chi connectivity index (χ1n) is 3.26. The molecule has 3 nitrogen and oxygen atoms in total. The summed E-state index contributed by atoms with van der Waals surface area (Å²) in [7, 11) is 0. The van der Waals surface area contributed by atoms with Crippen LogP contribution in [0, 0.1) is 6.92 Å². The minimum absolute atomic E-state index is 0.148. The van der Waals surface area contributed by atoms with E-state index in [1.807, 2.05) is 0 Å². The van der Waals surface area contributed by atoms with Gasteiger partial charge in [-0.2, -0.15) is 0 Å². The van der Waals surface area contributed by atoms with E-state index in [0.29, 0.717) is 0 Å². The van der Waals surface area contributed by atoms with E-state index in [9.17, 15) is 8.78 Å². The number of nitrogens with zero attached hydrogens (tertiary/aromatic N) is 1. The Morgan fingerprint density at radius 3 is 2.67 bits per heavy atom. The first-order chi connectivity index (χ1) is 5.54. The Bertz CT molecular complexity index is 302. The summed E-state index contributed by atoms with van der Waals surface area (Å²) in [6, 6.07) is 0. The molecule has 0 aliphatic carbocycles. The van der Waals surface area contributed by atoms with E-state index < -0.39 is 12.1 Å². The van der Waals surface area contributed by atoms with Gasteiger partial charge in [-0.15, -0.1) is 0 Å². The van der Waals surface area contributed by atoms with Gasteiger partial charge in [0, 0.05) is 5.56 Å². The fourth-order valence-electron chi connectivity index (χ4n) is 0.801. The number of aromatic nitrogens is 1. The average Bonchev–Trinajstić information content (AvgIpc) is 2.00. The number of hydrogen-bond donors (Lipinski definition) is 2. The number of hydrogen-bond acceptors (Lipinski definition) is 3. The molecule has 66 valence electrons. The third kappa shape index (κ3) is 1.30. The van der Waals surface area contributed by atoms with Crippen LogP contribution in [0.1, 0.15) is 17.7 Å². The zero-order valence-electron chi connectivity index (χ0n) is 6.38. The van der Waals surface area contributed by atoms with Crippen molar-refractivity contribution in [1.29, 1.82) is 0 Å². The molecular formula is C7H8F2N2O. The van der Waals surface area contributed by atoms with Gasteiger partial charge in [-0.25, -0.2) is 13.8 Å². The lowest BCUT2D eigenvalue weighted by Gasteiger charge is -2.07. The van der Waals surface area contributed by atoms with Crippen molar-refractivity contribution in [2.45, 2.75) is 13.3 Å². The molecule has 0 aliphatic heterocycles. The van der Waals surface area contributed by atoms with E-state index in [1.54, 1.807) is 0 Å². The van der Waals surface area contributed by atoms with Gasteiger partial charge in [-0.05, 0) is 6.92 Å². The number of rotatable bonds is 1. The zero-order valence-corrected chi connectivity index (χ0v) is 6.38. The summed E-state index contributed by atoms with van der Waals surface area (Å²) in [5.41, 5.74) is 4.89. The molecule has 3 N–H and O–H groups in total. The standard InChI is InChI=1S/C7H8F2N2O/c1-3-4(12)2-11-6(5(3)10)7(8)9/h2,7,12H,10H2,1H3. The highest BCUT2D eigenvalue weighted by atomic mass is 19.3. The molecule has 0 spiro atoms. The largest absolute Gasteiger partial charge is 0.506 e. The number of pyridine rings is 1. The van der Waals surface area contributed by atoms with Gasteiger partial charge in [0.05, 0.1) is 11.9 Å². The molecule has 0 unspecified atom stereocenters. The second-order valence-electron chi connectivity index (χ2n) is 2.37. The topological polar surface area (TPSA) is 59.1 Å². The fourth-order valence-corrected chi connectivity index (χ4v) is 0.801. The monoisotopic (exact) mass is 174 g/mol. The van der Waals surface area contributed by atoms with Crippen molar-refractivity contribution in [3.63, 3.8) is 0 Å². The fraction of sp³-hybridized carbons (Fsp3) is 0.286. The lowest BCUT2D eigenvalue weighted by Crippen LogP contribution is -2.00. The maximum atomic E-state index is 12.1. The maximum absolute atomic E-state index is 12.1. The quantitative estimate of drug-likeness (QED) is 0.680. The first-order valence-corrected chi connectivity index (χ1v) is 3.26. The van der Waals surface area contributed by atoms with Gasteiger partial charge in [-0.1, -0.05) is 0 Å². The highest BCUT2D eigenvalue weighted by Crippen LogP contribution is 2.29. The van der Waals surface area contributed by atoms with Crippen LogP contribution in [0.2, 0.25) is 0 Å². The average molecular weight is 174 g/mol. The molecule has 0 fully saturated rings. The molecule has 1 aromatic rings. The molecule has 0 saturated heterocycles. The van der Waals surface area contributed by atoms with Crippen molar-refractivity contribution >= 4 is 5.69 Å². The minimum Gasteiger partial charge on any atom is -0.506 e. The number of nitrogen functional groups attached to an aromatic ring is 1. The number of nitrogens with two attached hydrogens (primary N) is 1. The lowest BCUT2D eigenvalue weighted by atomic mass is 10.2. The highest BCUT2D eigenvalue weighted by molar-refractivity contribution is 5.55. The predicted molar refractivity (Wildman–Crippen MR) is 40.0 cm³/mol. The lowest BCUT2D eigenvalue weighted by molar-refractivity contribution is 0.147. The Morgan fingerprint density at radius 2 is 2.17 bits per heavy atom. The smallest absolute Gasteiger partial charge is 0.282 e. The van der Waals surface area contributed by atoms with E-state index in [0.717, 1.165) is 6.20 Å². The third-order valence-corrected chi connectivity index (χ3v) is 1.60. The molecule has 0 aliphatic rings. The molecule has 0 aromatic carbocycles. The Labute approximate surface area is 67.8 Å². The number of alkyl halides is 2. The number of aromatic hydroxyl groups is 1. The summed E-state index contributed by atoms with van der Waals surface area (Å²) >= 11 is 0. The van der Waals surface area contributed by atoms with Crippen LogP contribution in [0.25, 0.3) is 0 Å². The Balaban J connectivity index is 3.27. The van der Waals surface area contributed by atoms with Crippen LogP contribution in [-0.4, -0.2) is 10.1 Å². The van der Waals surface area contributed by atoms with Gasteiger partial charge >= 0.3 is 0 Å². The van der Waals surface area contributed by atoms with E-state index in [-0.39, 0.29) is 17.0 Å². The second kappa shape index (κ2) is 2.92. The van der Waals surface area contributed by atoms with E-state index in [2.05, 4.69) is 4.98 Å². The van der Waals surface area contributed by atoms with Crippen LogP contribution in [0.15, 0.2) is 6.20 Å². The normalized spacial score (nSPS) is 10.7. The minimum atomic E-state index is -2.70. The van der Waals surface area contributed by atoms with Crippen molar-refractivity contribution in [2.24, 2.45) is 0 Å². The van der Waals surface area contributed by atoms with Crippen LogP contribution in [-0.2, 0) is 0 Å². The van der Waals surface area contributed by atoms with Crippen LogP contribution < -0.4 is 5.73 Å². The molecule has 0 bridgehead atoms. The summed E-state index contributed by atoms with van der Waals surface area (Å²) in [5, 5.41) is 9.02. The molecule has 12 heavy (non-hydrogen) atoms. The highest BCUT2D eigenvalue weighted by Gasteiger charge is 2.15. The molecule has 0 amide bonds. The van der Waals surface area contributed by atoms with Gasteiger partial charge in [-0.3, -0.25) is 0 Å². The van der Waals surface area contributed by atoms with Crippen molar-refractivity contribution in [2.75, 3.05) is 5.73 Å². The van der Waals surface area contributed by atoms with E-state index in [1.165, 1.54) is 6.92 Å².